The maximum atomic E-state index is 12.4. The van der Waals surface area contributed by atoms with Crippen molar-refractivity contribution in [3.05, 3.63) is 41.7 Å². The Morgan fingerprint density at radius 3 is 3.04 bits per heavy atom. The first kappa shape index (κ1) is 17.0. The summed E-state index contributed by atoms with van der Waals surface area (Å²) in [4.78, 5) is 12.4. The highest BCUT2D eigenvalue weighted by molar-refractivity contribution is 7.98. The summed E-state index contributed by atoms with van der Waals surface area (Å²) in [5, 5.41) is 14.4. The van der Waals surface area contributed by atoms with Crippen molar-refractivity contribution < 1.29 is 4.79 Å². The van der Waals surface area contributed by atoms with E-state index in [4.69, 9.17) is 0 Å². The molecule has 0 bridgehead atoms. The second-order valence-corrected chi connectivity index (χ2v) is 7.13. The fourth-order valence-electron chi connectivity index (χ4n) is 2.78. The summed E-state index contributed by atoms with van der Waals surface area (Å²) in [6.45, 7) is 4.10. The number of carbonyl (C=O) groups is 1. The van der Waals surface area contributed by atoms with Gasteiger partial charge in [-0.15, -0.1) is 5.10 Å². The number of hydrogen-bond acceptors (Lipinski definition) is 5. The largest absolute Gasteiger partial charge is 0.321 e. The topological polar surface area (TPSA) is 71.8 Å². The quantitative estimate of drug-likeness (QED) is 0.842. The van der Waals surface area contributed by atoms with Crippen molar-refractivity contribution in [1.29, 1.82) is 0 Å². The number of carbonyl (C=O) groups excluding carboxylic acids is 1. The van der Waals surface area contributed by atoms with Crippen molar-refractivity contribution in [2.75, 3.05) is 24.2 Å². The Balaban J connectivity index is 1.63. The average Bonchev–Trinajstić information content (AvgIpc) is 3.11. The van der Waals surface area contributed by atoms with Gasteiger partial charge in [-0.2, -0.15) is 11.8 Å². The molecule has 1 fully saturated rings. The van der Waals surface area contributed by atoms with Crippen LogP contribution >= 0.6 is 11.8 Å². The van der Waals surface area contributed by atoms with Crippen LogP contribution in [0.1, 0.15) is 41.9 Å². The van der Waals surface area contributed by atoms with Gasteiger partial charge in [-0.1, -0.05) is 24.3 Å². The van der Waals surface area contributed by atoms with Crippen LogP contribution in [-0.2, 0) is 5.75 Å². The molecular weight excluding hydrogens is 322 g/mol. The third-order valence-corrected chi connectivity index (χ3v) is 5.03. The lowest BCUT2D eigenvalue weighted by atomic mass is 10.1. The Morgan fingerprint density at radius 1 is 1.42 bits per heavy atom. The number of benzene rings is 1. The fourth-order valence-corrected chi connectivity index (χ4v) is 3.40. The predicted molar refractivity (Wildman–Crippen MR) is 97.4 cm³/mol. The molecule has 0 atom stereocenters. The zero-order valence-electron chi connectivity index (χ0n) is 13.9. The highest BCUT2D eigenvalue weighted by atomic mass is 32.2. The van der Waals surface area contributed by atoms with E-state index < -0.39 is 0 Å². The van der Waals surface area contributed by atoms with Gasteiger partial charge in [0.2, 0.25) is 0 Å². The minimum absolute atomic E-state index is 0.213. The van der Waals surface area contributed by atoms with Gasteiger partial charge < -0.3 is 10.6 Å². The van der Waals surface area contributed by atoms with Crippen LogP contribution in [0.3, 0.4) is 0 Å². The van der Waals surface area contributed by atoms with E-state index in [9.17, 15) is 4.79 Å². The zero-order valence-corrected chi connectivity index (χ0v) is 14.7. The first-order valence-electron chi connectivity index (χ1n) is 8.37. The lowest BCUT2D eigenvalue weighted by Crippen LogP contribution is -2.29. The Bertz CT molecular complexity index is 681. The monoisotopic (exact) mass is 345 g/mol. The Hall–Kier alpha value is -1.86. The molecule has 1 aromatic heterocycles. The molecule has 3 rings (SSSR count). The molecule has 24 heavy (non-hydrogen) atoms. The summed E-state index contributed by atoms with van der Waals surface area (Å²) in [7, 11) is 0. The second-order valence-electron chi connectivity index (χ2n) is 5.86. The Labute approximate surface area is 146 Å². The van der Waals surface area contributed by atoms with Crippen molar-refractivity contribution >= 4 is 23.4 Å². The van der Waals surface area contributed by atoms with Gasteiger partial charge in [0.25, 0.3) is 5.91 Å². The van der Waals surface area contributed by atoms with Gasteiger partial charge in [-0.3, -0.25) is 4.79 Å². The molecule has 2 heterocycles. The van der Waals surface area contributed by atoms with E-state index in [1.54, 1.807) is 6.20 Å². The molecule has 0 aliphatic carbocycles. The average molecular weight is 345 g/mol. The normalized spacial score (nSPS) is 15.4. The lowest BCUT2D eigenvalue weighted by molar-refractivity contribution is 0.102. The molecule has 2 aromatic rings. The number of aromatic nitrogens is 3. The Kier molecular flexibility index (Phi) is 5.87. The maximum absolute atomic E-state index is 12.4. The standard InChI is InChI=1S/C17H23N5OS/c1-2-24-12-13-4-3-5-14(10-13)19-17(23)16-11-22(21-20-16)15-6-8-18-9-7-15/h3-5,10-11,15,18H,2,6-9,12H2,1H3,(H,19,23). The van der Waals surface area contributed by atoms with Crippen LogP contribution in [0.15, 0.2) is 30.5 Å². The van der Waals surface area contributed by atoms with Gasteiger partial charge >= 0.3 is 0 Å². The summed E-state index contributed by atoms with van der Waals surface area (Å²) < 4.78 is 1.82. The SMILES string of the molecule is CCSCc1cccc(NC(=O)c2cn(C3CCNCC3)nn2)c1. The number of nitrogens with one attached hydrogen (secondary N) is 2. The van der Waals surface area contributed by atoms with Crippen LogP contribution in [0.4, 0.5) is 5.69 Å². The molecule has 0 saturated carbocycles. The van der Waals surface area contributed by atoms with Crippen molar-refractivity contribution in [3.63, 3.8) is 0 Å². The van der Waals surface area contributed by atoms with Crippen LogP contribution in [0.5, 0.6) is 0 Å². The molecule has 6 nitrogen and oxygen atoms in total. The summed E-state index contributed by atoms with van der Waals surface area (Å²) >= 11 is 1.86. The van der Waals surface area contributed by atoms with E-state index in [1.165, 1.54) is 5.56 Å². The second kappa shape index (κ2) is 8.30. The van der Waals surface area contributed by atoms with Crippen LogP contribution in [-0.4, -0.2) is 39.7 Å². The summed E-state index contributed by atoms with van der Waals surface area (Å²) in [6, 6.07) is 8.28. The number of nitrogens with zero attached hydrogens (tertiary/aromatic N) is 3. The van der Waals surface area contributed by atoms with Crippen LogP contribution < -0.4 is 10.6 Å². The first-order chi connectivity index (χ1) is 11.8. The highest BCUT2D eigenvalue weighted by Gasteiger charge is 2.18. The molecule has 128 valence electrons. The van der Waals surface area contributed by atoms with E-state index in [-0.39, 0.29) is 5.91 Å². The highest BCUT2D eigenvalue weighted by Crippen LogP contribution is 2.19. The van der Waals surface area contributed by atoms with Crippen molar-refractivity contribution in [1.82, 2.24) is 20.3 Å². The van der Waals surface area contributed by atoms with Gasteiger partial charge in [-0.25, -0.2) is 4.68 Å². The number of amides is 1. The van der Waals surface area contributed by atoms with Crippen LogP contribution in [0, 0.1) is 0 Å². The Morgan fingerprint density at radius 2 is 2.25 bits per heavy atom. The van der Waals surface area contributed by atoms with E-state index in [0.29, 0.717) is 11.7 Å². The summed E-state index contributed by atoms with van der Waals surface area (Å²) in [6.07, 6.45) is 3.78. The molecule has 7 heteroatoms. The lowest BCUT2D eigenvalue weighted by Gasteiger charge is -2.22. The van der Waals surface area contributed by atoms with Gasteiger partial charge in [0.15, 0.2) is 5.69 Å². The minimum atomic E-state index is -0.213. The third kappa shape index (κ3) is 4.36. The molecule has 1 amide bonds. The summed E-state index contributed by atoms with van der Waals surface area (Å²) in [5.74, 6) is 1.82. The van der Waals surface area contributed by atoms with E-state index in [0.717, 1.165) is 43.1 Å². The van der Waals surface area contributed by atoms with Crippen molar-refractivity contribution in [3.8, 4) is 0 Å². The zero-order chi connectivity index (χ0) is 16.8. The number of piperidine rings is 1. The molecule has 2 N–H and O–H groups in total. The van der Waals surface area contributed by atoms with Gasteiger partial charge in [0.05, 0.1) is 12.2 Å². The number of thioether (sulfide) groups is 1. The molecule has 0 radical (unpaired) electrons. The van der Waals surface area contributed by atoms with E-state index >= 15 is 0 Å². The maximum Gasteiger partial charge on any atom is 0.277 e. The van der Waals surface area contributed by atoms with Gasteiger partial charge in [0.1, 0.15) is 0 Å². The minimum Gasteiger partial charge on any atom is -0.321 e. The molecule has 1 aliphatic rings. The van der Waals surface area contributed by atoms with E-state index in [1.807, 2.05) is 34.6 Å². The predicted octanol–water partition coefficient (Wildman–Crippen LogP) is 2.71. The molecule has 1 aromatic carbocycles. The van der Waals surface area contributed by atoms with Crippen molar-refractivity contribution in [2.24, 2.45) is 0 Å². The van der Waals surface area contributed by atoms with E-state index in [2.05, 4.69) is 33.9 Å². The number of hydrogen-bond donors (Lipinski definition) is 2. The molecule has 1 saturated heterocycles. The third-order valence-electron chi connectivity index (χ3n) is 4.08. The molecular formula is C17H23N5OS. The first-order valence-corrected chi connectivity index (χ1v) is 9.52. The van der Waals surface area contributed by atoms with Gasteiger partial charge in [0, 0.05) is 11.4 Å². The number of anilines is 1. The summed E-state index contributed by atoms with van der Waals surface area (Å²) in [5.41, 5.74) is 2.37. The van der Waals surface area contributed by atoms with Crippen LogP contribution in [0.2, 0.25) is 0 Å². The number of rotatable bonds is 6. The van der Waals surface area contributed by atoms with Gasteiger partial charge in [-0.05, 0) is 49.4 Å². The fraction of sp³-hybridized carbons (Fsp3) is 0.471. The smallest absolute Gasteiger partial charge is 0.277 e. The molecule has 0 unspecified atom stereocenters. The molecule has 0 spiro atoms. The van der Waals surface area contributed by atoms with Crippen molar-refractivity contribution in [2.45, 2.75) is 31.6 Å². The van der Waals surface area contributed by atoms with Crippen LogP contribution in [0.25, 0.3) is 0 Å². The molecule has 1 aliphatic heterocycles.